The summed E-state index contributed by atoms with van der Waals surface area (Å²) in [4.78, 5) is 0. The molecule has 0 aliphatic carbocycles. The molecule has 1 atom stereocenters. The van der Waals surface area contributed by atoms with Crippen molar-refractivity contribution in [2.75, 3.05) is 6.54 Å². The fourth-order valence-corrected chi connectivity index (χ4v) is 1.74. The molecule has 0 saturated heterocycles. The third-order valence-electron chi connectivity index (χ3n) is 2.78. The number of benzene rings is 1. The Kier molecular flexibility index (Phi) is 4.05. The smallest absolute Gasteiger partial charge is 0.0991 e. The van der Waals surface area contributed by atoms with Crippen LogP contribution in [-0.4, -0.2) is 21.5 Å². The van der Waals surface area contributed by atoms with E-state index >= 15 is 0 Å². The quantitative estimate of drug-likeness (QED) is 0.861. The molecule has 2 aromatic rings. The lowest BCUT2D eigenvalue weighted by Gasteiger charge is -2.14. The van der Waals surface area contributed by atoms with E-state index in [1.807, 2.05) is 30.5 Å². The van der Waals surface area contributed by atoms with E-state index < -0.39 is 0 Å². The van der Waals surface area contributed by atoms with E-state index in [4.69, 9.17) is 5.26 Å². The van der Waals surface area contributed by atoms with Gasteiger partial charge in [0, 0.05) is 18.8 Å². The van der Waals surface area contributed by atoms with E-state index in [0.717, 1.165) is 18.7 Å². The number of nitrogens with one attached hydrogen (secondary N) is 1. The van der Waals surface area contributed by atoms with Gasteiger partial charge in [-0.25, -0.2) is 0 Å². The van der Waals surface area contributed by atoms with Gasteiger partial charge in [0.1, 0.15) is 0 Å². The Morgan fingerprint density at radius 2 is 2.39 bits per heavy atom. The normalized spacial score (nSPS) is 12.0. The molecule has 1 heterocycles. The minimum atomic E-state index is 0.210. The average Bonchev–Trinajstić information content (AvgIpc) is 2.92. The molecule has 1 N–H and O–H groups in total. The molecule has 0 spiro atoms. The van der Waals surface area contributed by atoms with Gasteiger partial charge in [0.25, 0.3) is 0 Å². The van der Waals surface area contributed by atoms with E-state index in [9.17, 15) is 0 Å². The lowest BCUT2D eigenvalue weighted by molar-refractivity contribution is 0.499. The molecular weight excluding hydrogens is 226 g/mol. The molecule has 0 aliphatic heterocycles. The summed E-state index contributed by atoms with van der Waals surface area (Å²) in [7, 11) is 0. The summed E-state index contributed by atoms with van der Waals surface area (Å²) in [6.07, 6.45) is 3.50. The van der Waals surface area contributed by atoms with Crippen molar-refractivity contribution in [1.29, 1.82) is 5.26 Å². The third kappa shape index (κ3) is 3.15. The highest BCUT2D eigenvalue weighted by atomic mass is 15.4. The van der Waals surface area contributed by atoms with Gasteiger partial charge in [-0.3, -0.25) is 4.68 Å². The molecule has 92 valence electrons. The average molecular weight is 241 g/mol. The lowest BCUT2D eigenvalue weighted by Crippen LogP contribution is -2.23. The summed E-state index contributed by atoms with van der Waals surface area (Å²) in [6, 6.07) is 10.0. The molecule has 0 saturated carbocycles. The van der Waals surface area contributed by atoms with Gasteiger partial charge in [0.05, 0.1) is 24.4 Å². The summed E-state index contributed by atoms with van der Waals surface area (Å²) in [5, 5.41) is 19.9. The van der Waals surface area contributed by atoms with Crippen LogP contribution >= 0.6 is 0 Å². The Morgan fingerprint density at radius 1 is 1.50 bits per heavy atom. The standard InChI is InChI=1S/C13H15N5/c1-11(13-4-2-3-12(9-13)10-14)15-5-7-18-8-6-16-17-18/h2-4,6,8-9,11,15H,5,7H2,1H3. The Labute approximate surface area is 106 Å². The second kappa shape index (κ2) is 5.94. The van der Waals surface area contributed by atoms with Crippen LogP contribution in [0.5, 0.6) is 0 Å². The lowest BCUT2D eigenvalue weighted by atomic mass is 10.1. The zero-order chi connectivity index (χ0) is 12.8. The molecule has 0 amide bonds. The van der Waals surface area contributed by atoms with Gasteiger partial charge in [0.15, 0.2) is 0 Å². The van der Waals surface area contributed by atoms with E-state index in [1.165, 1.54) is 0 Å². The summed E-state index contributed by atoms with van der Waals surface area (Å²) in [5.41, 5.74) is 1.81. The van der Waals surface area contributed by atoms with Gasteiger partial charge >= 0.3 is 0 Å². The van der Waals surface area contributed by atoms with Crippen molar-refractivity contribution in [2.24, 2.45) is 0 Å². The van der Waals surface area contributed by atoms with Crippen LogP contribution in [0.2, 0.25) is 0 Å². The predicted octanol–water partition coefficient (Wildman–Crippen LogP) is 1.50. The number of nitriles is 1. The van der Waals surface area contributed by atoms with Crippen molar-refractivity contribution >= 4 is 0 Å². The van der Waals surface area contributed by atoms with Gasteiger partial charge in [0.2, 0.25) is 0 Å². The summed E-state index contributed by atoms with van der Waals surface area (Å²) < 4.78 is 1.78. The number of hydrogen-bond acceptors (Lipinski definition) is 4. The molecule has 18 heavy (non-hydrogen) atoms. The van der Waals surface area contributed by atoms with E-state index in [-0.39, 0.29) is 6.04 Å². The van der Waals surface area contributed by atoms with Crippen LogP contribution in [-0.2, 0) is 6.54 Å². The molecule has 1 aromatic carbocycles. The third-order valence-corrected chi connectivity index (χ3v) is 2.78. The zero-order valence-electron chi connectivity index (χ0n) is 10.2. The Bertz CT molecular complexity index is 527. The van der Waals surface area contributed by atoms with E-state index in [0.29, 0.717) is 5.56 Å². The van der Waals surface area contributed by atoms with Crippen molar-refractivity contribution in [1.82, 2.24) is 20.3 Å². The first-order chi connectivity index (χ1) is 8.79. The highest BCUT2D eigenvalue weighted by Gasteiger charge is 2.05. The first-order valence-electron chi connectivity index (χ1n) is 5.87. The number of aromatic nitrogens is 3. The van der Waals surface area contributed by atoms with Gasteiger partial charge in [-0.05, 0) is 24.6 Å². The molecule has 1 unspecified atom stereocenters. The second-order valence-corrected chi connectivity index (χ2v) is 4.08. The fraction of sp³-hybridized carbons (Fsp3) is 0.308. The highest BCUT2D eigenvalue weighted by molar-refractivity contribution is 5.33. The molecule has 0 fully saturated rings. The first kappa shape index (κ1) is 12.3. The van der Waals surface area contributed by atoms with Gasteiger partial charge in [-0.15, -0.1) is 5.10 Å². The van der Waals surface area contributed by atoms with Gasteiger partial charge in [-0.1, -0.05) is 17.3 Å². The topological polar surface area (TPSA) is 66.5 Å². The molecule has 0 bridgehead atoms. The number of rotatable bonds is 5. The maximum Gasteiger partial charge on any atom is 0.0991 e. The molecule has 5 nitrogen and oxygen atoms in total. The van der Waals surface area contributed by atoms with Crippen molar-refractivity contribution in [3.63, 3.8) is 0 Å². The van der Waals surface area contributed by atoms with Crippen LogP contribution in [0, 0.1) is 11.3 Å². The Balaban J connectivity index is 1.87. The van der Waals surface area contributed by atoms with Crippen molar-refractivity contribution in [3.05, 3.63) is 47.8 Å². The molecule has 0 aliphatic rings. The monoisotopic (exact) mass is 241 g/mol. The molecule has 0 radical (unpaired) electrons. The van der Waals surface area contributed by atoms with Crippen LogP contribution in [0.1, 0.15) is 24.1 Å². The Morgan fingerprint density at radius 3 is 3.11 bits per heavy atom. The minimum absolute atomic E-state index is 0.210. The number of hydrogen-bond donors (Lipinski definition) is 1. The van der Waals surface area contributed by atoms with E-state index in [1.54, 1.807) is 10.9 Å². The van der Waals surface area contributed by atoms with Crippen molar-refractivity contribution in [3.8, 4) is 6.07 Å². The first-order valence-corrected chi connectivity index (χ1v) is 5.87. The SMILES string of the molecule is CC(NCCn1ccnn1)c1cccc(C#N)c1. The fourth-order valence-electron chi connectivity index (χ4n) is 1.74. The van der Waals surface area contributed by atoms with Gasteiger partial charge < -0.3 is 5.32 Å². The largest absolute Gasteiger partial charge is 0.308 e. The minimum Gasteiger partial charge on any atom is -0.308 e. The summed E-state index contributed by atoms with van der Waals surface area (Å²) >= 11 is 0. The molecular formula is C13H15N5. The van der Waals surface area contributed by atoms with E-state index in [2.05, 4.69) is 28.6 Å². The molecule has 1 aromatic heterocycles. The van der Waals surface area contributed by atoms with Gasteiger partial charge in [-0.2, -0.15) is 5.26 Å². The van der Waals surface area contributed by atoms with Crippen molar-refractivity contribution < 1.29 is 0 Å². The van der Waals surface area contributed by atoms with Crippen LogP contribution in [0.4, 0.5) is 0 Å². The summed E-state index contributed by atoms with van der Waals surface area (Å²) in [5.74, 6) is 0. The predicted molar refractivity (Wildman–Crippen MR) is 67.6 cm³/mol. The van der Waals surface area contributed by atoms with Crippen LogP contribution in [0.15, 0.2) is 36.7 Å². The second-order valence-electron chi connectivity index (χ2n) is 4.08. The summed E-state index contributed by atoms with van der Waals surface area (Å²) in [6.45, 7) is 3.67. The van der Waals surface area contributed by atoms with Crippen LogP contribution in [0.25, 0.3) is 0 Å². The van der Waals surface area contributed by atoms with Crippen LogP contribution in [0.3, 0.4) is 0 Å². The van der Waals surface area contributed by atoms with Crippen LogP contribution < -0.4 is 5.32 Å². The number of nitrogens with zero attached hydrogens (tertiary/aromatic N) is 4. The van der Waals surface area contributed by atoms with Crippen molar-refractivity contribution in [2.45, 2.75) is 19.5 Å². The Hall–Kier alpha value is -2.19. The highest BCUT2D eigenvalue weighted by Crippen LogP contribution is 2.13. The zero-order valence-corrected chi connectivity index (χ0v) is 10.2. The maximum atomic E-state index is 8.86. The molecule has 5 heteroatoms. The molecule has 2 rings (SSSR count). The maximum absolute atomic E-state index is 8.86.